The van der Waals surface area contributed by atoms with Crippen LogP contribution in [0.5, 0.6) is 0 Å². The molecule has 0 atom stereocenters. The van der Waals surface area contributed by atoms with Crippen LogP contribution in [0.1, 0.15) is 10.4 Å². The van der Waals surface area contributed by atoms with Crippen molar-refractivity contribution < 1.29 is 4.79 Å². The molecular weight excluding hydrogens is 119 g/mol. The van der Waals surface area contributed by atoms with Crippen LogP contribution in [0.2, 0.25) is 0 Å². The fraction of sp³-hybridized carbons (Fsp3) is 0. The maximum Gasteiger partial charge on any atom is 0.150 e. The molecule has 0 unspecified atom stereocenters. The monoisotopic (exact) mass is 122 g/mol. The Labute approximate surface area is 52.8 Å². The quantitative estimate of drug-likeness (QED) is 0.388. The van der Waals surface area contributed by atoms with Crippen molar-refractivity contribution in [2.45, 2.75) is 0 Å². The molecule has 1 heterocycles. The average molecular weight is 122 g/mol. The smallest absolute Gasteiger partial charge is 0.150 e. The standard InChI is InChI=1S/C5H3BOS/c6-5-1-4(2-7)3-8-5/h1-3H. The molecule has 3 heteroatoms. The molecule has 1 aromatic heterocycles. The Morgan fingerprint density at radius 3 is 2.75 bits per heavy atom. The minimum Gasteiger partial charge on any atom is -0.298 e. The third-order valence-corrected chi connectivity index (χ3v) is 1.56. The molecule has 0 N–H and O–H groups in total. The summed E-state index contributed by atoms with van der Waals surface area (Å²) in [5.74, 6) is 0. The molecular formula is C5H3BOS. The average Bonchev–Trinajstić information content (AvgIpc) is 2.14. The van der Waals surface area contributed by atoms with E-state index in [2.05, 4.69) is 0 Å². The zero-order valence-corrected chi connectivity index (χ0v) is 4.94. The van der Waals surface area contributed by atoms with Crippen molar-refractivity contribution in [2.24, 2.45) is 0 Å². The highest BCUT2D eigenvalue weighted by Crippen LogP contribution is 1.97. The Morgan fingerprint density at radius 1 is 1.75 bits per heavy atom. The third-order valence-electron chi connectivity index (χ3n) is 0.776. The van der Waals surface area contributed by atoms with Gasteiger partial charge >= 0.3 is 0 Å². The lowest BCUT2D eigenvalue weighted by molar-refractivity contribution is 0.112. The normalized spacial score (nSPS) is 9.00. The van der Waals surface area contributed by atoms with Gasteiger partial charge in [-0.2, -0.15) is 11.3 Å². The van der Waals surface area contributed by atoms with Crippen molar-refractivity contribution in [3.63, 3.8) is 0 Å². The number of hydrogen-bond acceptors (Lipinski definition) is 2. The van der Waals surface area contributed by atoms with Gasteiger partial charge in [0.2, 0.25) is 0 Å². The Kier molecular flexibility index (Phi) is 1.49. The van der Waals surface area contributed by atoms with Gasteiger partial charge in [-0.15, -0.1) is 0 Å². The van der Waals surface area contributed by atoms with Gasteiger partial charge < -0.3 is 0 Å². The highest BCUT2D eigenvalue weighted by atomic mass is 32.1. The number of hydrogen-bond donors (Lipinski definition) is 0. The molecule has 2 radical (unpaired) electrons. The summed E-state index contributed by atoms with van der Waals surface area (Å²) in [7, 11) is 5.31. The van der Waals surface area contributed by atoms with Gasteiger partial charge in [0, 0.05) is 10.9 Å². The number of rotatable bonds is 1. The number of carbonyl (C=O) groups excluding carboxylic acids is 1. The first-order chi connectivity index (χ1) is 3.83. The summed E-state index contributed by atoms with van der Waals surface area (Å²) >= 11 is 1.38. The van der Waals surface area contributed by atoms with Crippen molar-refractivity contribution in [1.82, 2.24) is 0 Å². The fourth-order valence-corrected chi connectivity index (χ4v) is 1.03. The third kappa shape index (κ3) is 0.982. The van der Waals surface area contributed by atoms with Crippen LogP contribution in [-0.2, 0) is 0 Å². The molecule has 0 bridgehead atoms. The number of thiophene rings is 1. The molecule has 0 saturated heterocycles. The van der Waals surface area contributed by atoms with Crippen LogP contribution < -0.4 is 4.78 Å². The van der Waals surface area contributed by atoms with Crippen LogP contribution in [0.25, 0.3) is 0 Å². The van der Waals surface area contributed by atoms with E-state index in [-0.39, 0.29) is 0 Å². The largest absolute Gasteiger partial charge is 0.298 e. The number of carbonyl (C=O) groups is 1. The Bertz CT molecular complexity index is 194. The van der Waals surface area contributed by atoms with Crippen molar-refractivity contribution in [3.8, 4) is 0 Å². The molecule has 0 fully saturated rings. The molecule has 8 heavy (non-hydrogen) atoms. The Morgan fingerprint density at radius 2 is 2.50 bits per heavy atom. The van der Waals surface area contributed by atoms with Crippen LogP contribution in [-0.4, -0.2) is 14.1 Å². The van der Waals surface area contributed by atoms with Crippen LogP contribution in [0.3, 0.4) is 0 Å². The van der Waals surface area contributed by atoms with E-state index >= 15 is 0 Å². The summed E-state index contributed by atoms with van der Waals surface area (Å²) in [6.45, 7) is 0. The molecule has 0 saturated carbocycles. The Hall–Kier alpha value is -0.565. The first-order valence-corrected chi connectivity index (χ1v) is 3.00. The predicted octanol–water partition coefficient (Wildman–Crippen LogP) is 0.354. The van der Waals surface area contributed by atoms with Gasteiger partial charge in [-0.1, -0.05) is 0 Å². The fourth-order valence-electron chi connectivity index (χ4n) is 0.430. The van der Waals surface area contributed by atoms with Crippen LogP contribution in [0.4, 0.5) is 0 Å². The molecule has 0 aromatic carbocycles. The molecule has 0 aliphatic rings. The highest BCUT2D eigenvalue weighted by Gasteiger charge is 1.89. The van der Waals surface area contributed by atoms with E-state index in [1.807, 2.05) is 0 Å². The van der Waals surface area contributed by atoms with Gasteiger partial charge in [0.15, 0.2) is 6.29 Å². The second-order valence-corrected chi connectivity index (χ2v) is 2.34. The van der Waals surface area contributed by atoms with E-state index in [0.29, 0.717) is 10.3 Å². The van der Waals surface area contributed by atoms with Crippen LogP contribution in [0.15, 0.2) is 11.4 Å². The van der Waals surface area contributed by atoms with Crippen molar-refractivity contribution in [2.75, 3.05) is 0 Å². The van der Waals surface area contributed by atoms with Crippen molar-refractivity contribution in [1.29, 1.82) is 0 Å². The molecule has 0 amide bonds. The second-order valence-electron chi connectivity index (χ2n) is 1.40. The zero-order valence-electron chi connectivity index (χ0n) is 4.13. The van der Waals surface area contributed by atoms with Gasteiger partial charge in [-0.05, 0) is 10.8 Å². The second kappa shape index (κ2) is 2.14. The van der Waals surface area contributed by atoms with Gasteiger partial charge in [0.25, 0.3) is 0 Å². The van der Waals surface area contributed by atoms with Crippen LogP contribution in [0, 0.1) is 0 Å². The summed E-state index contributed by atoms with van der Waals surface area (Å²) < 4.78 is 0.687. The molecule has 0 spiro atoms. The zero-order chi connectivity index (χ0) is 5.98. The summed E-state index contributed by atoms with van der Waals surface area (Å²) in [5.41, 5.74) is 0.660. The molecule has 0 aliphatic carbocycles. The first kappa shape index (κ1) is 5.57. The van der Waals surface area contributed by atoms with Gasteiger partial charge in [-0.3, -0.25) is 4.79 Å². The van der Waals surface area contributed by atoms with E-state index < -0.39 is 0 Å². The van der Waals surface area contributed by atoms with Gasteiger partial charge in [0.05, 0.1) is 0 Å². The van der Waals surface area contributed by atoms with Crippen molar-refractivity contribution >= 4 is 30.2 Å². The lowest BCUT2D eigenvalue weighted by atomic mass is 10.1. The number of aldehydes is 1. The maximum absolute atomic E-state index is 9.97. The minimum atomic E-state index is 0.660. The first-order valence-electron chi connectivity index (χ1n) is 2.12. The van der Waals surface area contributed by atoms with Gasteiger partial charge in [-0.25, -0.2) is 0 Å². The van der Waals surface area contributed by atoms with Gasteiger partial charge in [0.1, 0.15) is 7.85 Å². The summed E-state index contributed by atoms with van der Waals surface area (Å²) in [6, 6.07) is 1.65. The lowest BCUT2D eigenvalue weighted by Crippen LogP contribution is -1.90. The molecule has 1 nitrogen and oxygen atoms in total. The van der Waals surface area contributed by atoms with E-state index in [9.17, 15) is 4.79 Å². The van der Waals surface area contributed by atoms with E-state index in [0.717, 1.165) is 6.29 Å². The van der Waals surface area contributed by atoms with Crippen LogP contribution >= 0.6 is 11.3 Å². The lowest BCUT2D eigenvalue weighted by Gasteiger charge is -1.70. The summed E-state index contributed by atoms with van der Waals surface area (Å²) in [5, 5.41) is 1.72. The predicted molar refractivity (Wildman–Crippen MR) is 35.1 cm³/mol. The Balaban J connectivity index is 3.00. The van der Waals surface area contributed by atoms with E-state index in [1.165, 1.54) is 11.3 Å². The summed E-state index contributed by atoms with van der Waals surface area (Å²) in [4.78, 5) is 9.97. The molecule has 0 aliphatic heterocycles. The van der Waals surface area contributed by atoms with E-state index in [1.54, 1.807) is 11.4 Å². The van der Waals surface area contributed by atoms with Crippen molar-refractivity contribution in [3.05, 3.63) is 17.0 Å². The highest BCUT2D eigenvalue weighted by molar-refractivity contribution is 7.18. The molecule has 1 aromatic rings. The SMILES string of the molecule is [B]c1cc(C=O)cs1. The molecule has 1 rings (SSSR count). The topological polar surface area (TPSA) is 17.1 Å². The molecule has 38 valence electrons. The minimum absolute atomic E-state index is 0.660. The van der Waals surface area contributed by atoms with E-state index in [4.69, 9.17) is 7.85 Å². The summed E-state index contributed by atoms with van der Waals surface area (Å²) in [6.07, 6.45) is 0.785. The maximum atomic E-state index is 9.97.